The standard InChI is InChI=1S/C14H22N2S/c15-13(11-7-3-1-4-8-11)14(17)16-12-9-5-2-6-10-12/h5,9-11,13H,1-4,6-8,15H2,(H,16,17). The zero-order valence-electron chi connectivity index (χ0n) is 10.3. The van der Waals surface area contributed by atoms with Gasteiger partial charge in [0.15, 0.2) is 0 Å². The molecular formula is C14H22N2S. The Bertz CT molecular complexity index is 327. The van der Waals surface area contributed by atoms with Crippen LogP contribution in [0.1, 0.15) is 44.9 Å². The fourth-order valence-electron chi connectivity index (χ4n) is 2.64. The Balaban J connectivity index is 1.85. The molecule has 2 nitrogen and oxygen atoms in total. The minimum atomic E-state index is 0.0292. The topological polar surface area (TPSA) is 38.0 Å². The van der Waals surface area contributed by atoms with Crippen molar-refractivity contribution in [2.24, 2.45) is 11.7 Å². The molecule has 1 fully saturated rings. The van der Waals surface area contributed by atoms with Gasteiger partial charge < -0.3 is 11.1 Å². The average Bonchev–Trinajstić information content (AvgIpc) is 2.40. The van der Waals surface area contributed by atoms with E-state index < -0.39 is 0 Å². The Kier molecular flexibility index (Phi) is 4.75. The van der Waals surface area contributed by atoms with Crippen LogP contribution in [0.4, 0.5) is 0 Å². The highest BCUT2D eigenvalue weighted by molar-refractivity contribution is 7.80. The number of hydrogen-bond acceptors (Lipinski definition) is 2. The Morgan fingerprint density at radius 1 is 1.29 bits per heavy atom. The second-order valence-corrected chi connectivity index (χ2v) is 5.49. The van der Waals surface area contributed by atoms with E-state index in [1.807, 2.05) is 0 Å². The maximum Gasteiger partial charge on any atom is 0.0970 e. The van der Waals surface area contributed by atoms with Crippen LogP contribution in [-0.4, -0.2) is 11.0 Å². The zero-order chi connectivity index (χ0) is 12.1. The lowest BCUT2D eigenvalue weighted by Gasteiger charge is -2.28. The number of thiocarbonyl (C=S) groups is 1. The molecule has 3 heteroatoms. The van der Waals surface area contributed by atoms with Crippen molar-refractivity contribution in [2.75, 3.05) is 0 Å². The molecule has 94 valence electrons. The minimum absolute atomic E-state index is 0.0292. The molecule has 0 aromatic rings. The first-order valence-corrected chi connectivity index (χ1v) is 7.11. The molecule has 0 heterocycles. The van der Waals surface area contributed by atoms with E-state index in [-0.39, 0.29) is 6.04 Å². The summed E-state index contributed by atoms with van der Waals surface area (Å²) in [6, 6.07) is 0.0292. The van der Waals surface area contributed by atoms with Crippen LogP contribution >= 0.6 is 12.2 Å². The van der Waals surface area contributed by atoms with Crippen molar-refractivity contribution in [1.29, 1.82) is 0 Å². The SMILES string of the molecule is NC(C(=S)NC1=CCCC=C1)C1CCCCC1. The van der Waals surface area contributed by atoms with Gasteiger partial charge in [-0.3, -0.25) is 0 Å². The Hall–Kier alpha value is -0.670. The monoisotopic (exact) mass is 250 g/mol. The lowest BCUT2D eigenvalue weighted by Crippen LogP contribution is -2.44. The van der Waals surface area contributed by atoms with Crippen LogP contribution in [0, 0.1) is 5.92 Å². The number of nitrogens with one attached hydrogen (secondary N) is 1. The summed E-state index contributed by atoms with van der Waals surface area (Å²) in [7, 11) is 0. The number of hydrogen-bond donors (Lipinski definition) is 2. The van der Waals surface area contributed by atoms with E-state index in [0.29, 0.717) is 5.92 Å². The lowest BCUT2D eigenvalue weighted by molar-refractivity contribution is 0.341. The summed E-state index contributed by atoms with van der Waals surface area (Å²) in [4.78, 5) is 0.815. The second kappa shape index (κ2) is 6.31. The highest BCUT2D eigenvalue weighted by Crippen LogP contribution is 2.26. The Labute approximate surface area is 109 Å². The summed E-state index contributed by atoms with van der Waals surface area (Å²) in [6.45, 7) is 0. The molecule has 0 radical (unpaired) electrons. The van der Waals surface area contributed by atoms with Crippen LogP contribution in [0.15, 0.2) is 23.9 Å². The summed E-state index contributed by atoms with van der Waals surface area (Å²) in [5.74, 6) is 0.580. The Morgan fingerprint density at radius 3 is 2.71 bits per heavy atom. The van der Waals surface area contributed by atoms with E-state index in [1.165, 1.54) is 32.1 Å². The van der Waals surface area contributed by atoms with Crippen molar-refractivity contribution in [3.8, 4) is 0 Å². The lowest BCUT2D eigenvalue weighted by atomic mass is 9.84. The quantitative estimate of drug-likeness (QED) is 0.756. The van der Waals surface area contributed by atoms with E-state index >= 15 is 0 Å². The normalized spacial score (nSPS) is 23.0. The molecule has 0 bridgehead atoms. The molecule has 2 aliphatic rings. The van der Waals surface area contributed by atoms with Gasteiger partial charge in [-0.15, -0.1) is 0 Å². The third-order valence-electron chi connectivity index (χ3n) is 3.72. The van der Waals surface area contributed by atoms with Crippen molar-refractivity contribution in [3.05, 3.63) is 23.9 Å². The molecule has 0 aromatic heterocycles. The van der Waals surface area contributed by atoms with Crippen LogP contribution < -0.4 is 11.1 Å². The van der Waals surface area contributed by atoms with E-state index in [0.717, 1.165) is 23.5 Å². The summed E-state index contributed by atoms with van der Waals surface area (Å²) >= 11 is 5.43. The molecule has 0 spiro atoms. The third-order valence-corrected chi connectivity index (χ3v) is 4.10. The number of nitrogens with two attached hydrogens (primary N) is 1. The Morgan fingerprint density at radius 2 is 2.06 bits per heavy atom. The summed E-state index contributed by atoms with van der Waals surface area (Å²) in [5.41, 5.74) is 7.37. The largest absolute Gasteiger partial charge is 0.349 e. The van der Waals surface area contributed by atoms with Gasteiger partial charge in [-0.1, -0.05) is 43.6 Å². The van der Waals surface area contributed by atoms with Crippen molar-refractivity contribution in [1.82, 2.24) is 5.32 Å². The van der Waals surface area contributed by atoms with E-state index in [1.54, 1.807) is 0 Å². The van der Waals surface area contributed by atoms with Gasteiger partial charge in [-0.25, -0.2) is 0 Å². The molecule has 0 amide bonds. The van der Waals surface area contributed by atoms with Gasteiger partial charge in [-0.05, 0) is 37.7 Å². The molecule has 2 rings (SSSR count). The highest BCUT2D eigenvalue weighted by Gasteiger charge is 2.23. The van der Waals surface area contributed by atoms with Gasteiger partial charge in [0.2, 0.25) is 0 Å². The first-order chi connectivity index (χ1) is 8.27. The van der Waals surface area contributed by atoms with Crippen molar-refractivity contribution in [2.45, 2.75) is 51.0 Å². The third kappa shape index (κ3) is 3.65. The first-order valence-electron chi connectivity index (χ1n) is 6.70. The summed E-state index contributed by atoms with van der Waals surface area (Å²) < 4.78 is 0. The molecule has 0 aromatic carbocycles. The van der Waals surface area contributed by atoms with Gasteiger partial charge in [0.25, 0.3) is 0 Å². The van der Waals surface area contributed by atoms with E-state index in [4.69, 9.17) is 18.0 Å². The molecular weight excluding hydrogens is 228 g/mol. The predicted molar refractivity (Wildman–Crippen MR) is 76.7 cm³/mol. The van der Waals surface area contributed by atoms with E-state index in [9.17, 15) is 0 Å². The van der Waals surface area contributed by atoms with Crippen LogP contribution in [0.3, 0.4) is 0 Å². The van der Waals surface area contributed by atoms with E-state index in [2.05, 4.69) is 23.5 Å². The van der Waals surface area contributed by atoms with Gasteiger partial charge in [0.05, 0.1) is 11.0 Å². The molecule has 2 aliphatic carbocycles. The second-order valence-electron chi connectivity index (χ2n) is 5.05. The number of rotatable bonds is 3. The van der Waals surface area contributed by atoms with Crippen molar-refractivity contribution in [3.63, 3.8) is 0 Å². The summed E-state index contributed by atoms with van der Waals surface area (Å²) in [6.07, 6.45) is 15.1. The fourth-order valence-corrected chi connectivity index (χ4v) is 2.95. The average molecular weight is 250 g/mol. The smallest absolute Gasteiger partial charge is 0.0970 e. The zero-order valence-corrected chi connectivity index (χ0v) is 11.1. The molecule has 1 unspecified atom stereocenters. The molecule has 0 aliphatic heterocycles. The minimum Gasteiger partial charge on any atom is -0.349 e. The van der Waals surface area contributed by atoms with Crippen LogP contribution in [0.2, 0.25) is 0 Å². The predicted octanol–water partition coefficient (Wildman–Crippen LogP) is 3.04. The molecule has 3 N–H and O–H groups in total. The molecule has 1 saturated carbocycles. The number of allylic oxidation sites excluding steroid dienone is 3. The van der Waals surface area contributed by atoms with Crippen LogP contribution in [0.5, 0.6) is 0 Å². The van der Waals surface area contributed by atoms with Crippen LogP contribution in [-0.2, 0) is 0 Å². The van der Waals surface area contributed by atoms with Gasteiger partial charge in [0.1, 0.15) is 0 Å². The summed E-state index contributed by atoms with van der Waals surface area (Å²) in [5, 5.41) is 3.30. The molecule has 0 saturated heterocycles. The fraction of sp³-hybridized carbons (Fsp3) is 0.643. The van der Waals surface area contributed by atoms with Crippen molar-refractivity contribution < 1.29 is 0 Å². The van der Waals surface area contributed by atoms with Crippen LogP contribution in [0.25, 0.3) is 0 Å². The maximum atomic E-state index is 6.25. The van der Waals surface area contributed by atoms with Crippen molar-refractivity contribution >= 4 is 17.2 Å². The van der Waals surface area contributed by atoms with Gasteiger partial charge in [0, 0.05) is 5.70 Å². The molecule has 1 atom stereocenters. The van der Waals surface area contributed by atoms with Gasteiger partial charge >= 0.3 is 0 Å². The molecule has 17 heavy (non-hydrogen) atoms. The first kappa shape index (κ1) is 12.8. The highest BCUT2D eigenvalue weighted by atomic mass is 32.1. The maximum absolute atomic E-state index is 6.25. The van der Waals surface area contributed by atoms with Gasteiger partial charge in [-0.2, -0.15) is 0 Å².